The van der Waals surface area contributed by atoms with Crippen LogP contribution in [0.3, 0.4) is 0 Å². The van der Waals surface area contributed by atoms with Crippen molar-refractivity contribution in [3.63, 3.8) is 0 Å². The fraction of sp³-hybridized carbons (Fsp3) is 0.615. The van der Waals surface area contributed by atoms with Crippen molar-refractivity contribution in [3.8, 4) is 0 Å². The predicted molar refractivity (Wildman–Crippen MR) is 141 cm³/mol. The molecule has 2 amide bonds. The summed E-state index contributed by atoms with van der Waals surface area (Å²) >= 11 is 0. The molecule has 1 aromatic rings. The minimum atomic E-state index is 0. The molecule has 1 saturated heterocycles. The van der Waals surface area contributed by atoms with Crippen LogP contribution < -0.4 is 0 Å². The van der Waals surface area contributed by atoms with Gasteiger partial charge in [-0.05, 0) is 12.5 Å². The van der Waals surface area contributed by atoms with Gasteiger partial charge < -0.3 is 25.8 Å². The molecule has 0 unspecified atom stereocenters. The van der Waals surface area contributed by atoms with Gasteiger partial charge in [0.2, 0.25) is 0 Å². The number of nitrogens with zero attached hydrogens (tertiary/aromatic N) is 5. The van der Waals surface area contributed by atoms with E-state index in [4.69, 9.17) is 0 Å². The molecule has 1 heterocycles. The second-order valence-corrected chi connectivity index (χ2v) is 6.85. The van der Waals surface area contributed by atoms with Gasteiger partial charge in [-0.2, -0.15) is 39.3 Å². The SMILES string of the molecule is C=C[CH-]N1C(=O)N(C)[C@@H](C)[C@H]1c1ccccc1.CC[N-]CC.CC[N-]CC.CC[N-]CC.[Ti+4]. The molecule has 1 aromatic carbocycles. The summed E-state index contributed by atoms with van der Waals surface area (Å²) in [6, 6.07) is 10.3. The maximum absolute atomic E-state index is 12.1. The topological polar surface area (TPSA) is 65.9 Å². The molecule has 0 saturated carbocycles. The molecule has 0 aromatic heterocycles. The van der Waals surface area contributed by atoms with Gasteiger partial charge in [0.05, 0.1) is 12.1 Å². The van der Waals surface area contributed by atoms with Gasteiger partial charge >= 0.3 is 27.7 Å². The summed E-state index contributed by atoms with van der Waals surface area (Å²) in [6.45, 7) is 25.6. The van der Waals surface area contributed by atoms with Crippen molar-refractivity contribution in [1.82, 2.24) is 9.80 Å². The number of benzene rings is 1. The number of carbonyl (C=O) groups excluding carboxylic acids is 1. The Balaban J connectivity index is -0.000000466. The summed E-state index contributed by atoms with van der Waals surface area (Å²) < 4.78 is 0. The largest absolute Gasteiger partial charge is 4.00 e. The minimum Gasteiger partial charge on any atom is -0.663 e. The van der Waals surface area contributed by atoms with E-state index in [-0.39, 0.29) is 39.8 Å². The van der Waals surface area contributed by atoms with Crippen molar-refractivity contribution in [2.45, 2.75) is 60.5 Å². The summed E-state index contributed by atoms with van der Waals surface area (Å²) in [7, 11) is 1.83. The van der Waals surface area contributed by atoms with Crippen molar-refractivity contribution < 1.29 is 26.5 Å². The van der Waals surface area contributed by atoms with E-state index in [1.807, 2.05) is 66.8 Å². The van der Waals surface area contributed by atoms with Gasteiger partial charge in [-0.3, -0.25) is 0 Å². The van der Waals surface area contributed by atoms with Crippen LogP contribution in [-0.4, -0.2) is 68.2 Å². The quantitative estimate of drug-likeness (QED) is 0.269. The molecule has 0 bridgehead atoms. The fourth-order valence-corrected chi connectivity index (χ4v) is 2.95. The molecule has 1 aliphatic heterocycles. The fourth-order valence-electron chi connectivity index (χ4n) is 2.95. The van der Waals surface area contributed by atoms with Crippen molar-refractivity contribution in [2.24, 2.45) is 0 Å². The molecule has 0 aliphatic carbocycles. The third kappa shape index (κ3) is 16.0. The molecule has 1 aliphatic rings. The summed E-state index contributed by atoms with van der Waals surface area (Å²) in [5.74, 6) is 0. The Morgan fingerprint density at radius 3 is 1.58 bits per heavy atom. The average Bonchev–Trinajstić information content (AvgIpc) is 3.01. The van der Waals surface area contributed by atoms with Crippen molar-refractivity contribution >= 4 is 6.03 Å². The van der Waals surface area contributed by atoms with Crippen LogP contribution in [0.25, 0.3) is 16.0 Å². The number of hydrogen-bond acceptors (Lipinski definition) is 1. The van der Waals surface area contributed by atoms with E-state index in [0.29, 0.717) is 0 Å². The number of hydrogen-bond donors (Lipinski definition) is 0. The van der Waals surface area contributed by atoms with Crippen LogP contribution >= 0.6 is 0 Å². The summed E-state index contributed by atoms with van der Waals surface area (Å²) in [4.78, 5) is 15.6. The van der Waals surface area contributed by atoms with Gasteiger partial charge in [-0.1, -0.05) is 71.9 Å². The third-order valence-electron chi connectivity index (χ3n) is 4.64. The number of amides is 2. The molecule has 1 fully saturated rings. The Morgan fingerprint density at radius 2 is 1.27 bits per heavy atom. The van der Waals surface area contributed by atoms with Crippen LogP contribution in [0.15, 0.2) is 43.0 Å². The van der Waals surface area contributed by atoms with E-state index in [1.165, 1.54) is 0 Å². The maximum Gasteiger partial charge on any atom is 4.00 e. The number of likely N-dealkylation sites (N-methyl/N-ethyl adjacent to an activating group) is 1. The van der Waals surface area contributed by atoms with Gasteiger partial charge in [0, 0.05) is 7.05 Å². The number of carbonyl (C=O) groups is 1. The molecule has 0 N–H and O–H groups in total. The molecular formula is C26H47N5OTi. The van der Waals surface area contributed by atoms with E-state index < -0.39 is 0 Å². The summed E-state index contributed by atoms with van der Waals surface area (Å²) in [6.07, 6.45) is 1.65. The van der Waals surface area contributed by atoms with Gasteiger partial charge in [-0.15, -0.1) is 6.54 Å². The first-order valence-corrected chi connectivity index (χ1v) is 11.9. The molecule has 7 heteroatoms. The summed E-state index contributed by atoms with van der Waals surface area (Å²) in [5, 5.41) is 11.9. The Labute approximate surface area is 219 Å². The van der Waals surface area contributed by atoms with Crippen molar-refractivity contribution in [3.05, 3.63) is 71.0 Å². The zero-order valence-corrected chi connectivity index (χ0v) is 23.9. The van der Waals surface area contributed by atoms with E-state index in [0.717, 1.165) is 44.8 Å². The van der Waals surface area contributed by atoms with Crippen molar-refractivity contribution in [2.75, 3.05) is 46.3 Å². The van der Waals surface area contributed by atoms with E-state index in [1.54, 1.807) is 22.4 Å². The first kappa shape index (κ1) is 36.3. The molecular weight excluding hydrogens is 446 g/mol. The number of rotatable bonds is 9. The molecule has 6 nitrogen and oxygen atoms in total. The molecule has 2 rings (SSSR count). The molecule has 33 heavy (non-hydrogen) atoms. The maximum atomic E-state index is 12.1. The average molecular weight is 494 g/mol. The normalized spacial score (nSPS) is 16.2. The standard InChI is InChI=1S/C14H17N2O.3C4H10N.Ti/c1-4-10-16-13(11(2)15(3)14(16)17)12-8-6-5-7-9-12;3*1-3-5-4-2;/h4-11,13H,1H2,2-3H3;3*3-4H2,1-2H3;/q4*-1;+4/t11-,13-;;;;/m0..../s1. The second kappa shape index (κ2) is 25.3. The predicted octanol–water partition coefficient (Wildman–Crippen LogP) is 7.03. The third-order valence-corrected chi connectivity index (χ3v) is 4.64. The monoisotopic (exact) mass is 493 g/mol. The van der Waals surface area contributed by atoms with Crippen LogP contribution in [0.4, 0.5) is 4.79 Å². The molecule has 2 atom stereocenters. The molecule has 0 spiro atoms. The van der Waals surface area contributed by atoms with Crippen molar-refractivity contribution in [1.29, 1.82) is 0 Å². The van der Waals surface area contributed by atoms with Crippen LogP contribution in [0.2, 0.25) is 0 Å². The van der Waals surface area contributed by atoms with E-state index in [2.05, 4.69) is 41.6 Å². The Morgan fingerprint density at radius 1 is 0.879 bits per heavy atom. The van der Waals surface area contributed by atoms with Gasteiger partial charge in [0.1, 0.15) is 0 Å². The smallest absolute Gasteiger partial charge is 0.663 e. The Bertz CT molecular complexity index is 539. The van der Waals surface area contributed by atoms with Crippen LogP contribution in [0.1, 0.15) is 60.1 Å². The molecule has 0 radical (unpaired) electrons. The zero-order chi connectivity index (χ0) is 24.8. The van der Waals surface area contributed by atoms with Crippen LogP contribution in [-0.2, 0) is 21.7 Å². The van der Waals surface area contributed by atoms with Gasteiger partial charge in [0.25, 0.3) is 0 Å². The Hall–Kier alpha value is -1.31. The van der Waals surface area contributed by atoms with Crippen LogP contribution in [0, 0.1) is 6.54 Å². The van der Waals surface area contributed by atoms with E-state index >= 15 is 0 Å². The second-order valence-electron chi connectivity index (χ2n) is 6.85. The van der Waals surface area contributed by atoms with Gasteiger partial charge in [-0.25, -0.2) is 17.4 Å². The van der Waals surface area contributed by atoms with Crippen LogP contribution in [0.5, 0.6) is 0 Å². The number of urea groups is 1. The minimum absolute atomic E-state index is 0. The van der Waals surface area contributed by atoms with E-state index in [9.17, 15) is 4.79 Å². The first-order valence-electron chi connectivity index (χ1n) is 11.9. The zero-order valence-electron chi connectivity index (χ0n) is 22.3. The molecule has 186 valence electrons. The summed E-state index contributed by atoms with van der Waals surface area (Å²) in [5.41, 5.74) is 1.15. The van der Waals surface area contributed by atoms with Gasteiger partial charge in [0.15, 0.2) is 0 Å². The Kier molecular flexibility index (Phi) is 27.8. The first-order chi connectivity index (χ1) is 15.4.